The number of hydrogen-bond donors (Lipinski definition) is 2. The van der Waals surface area contributed by atoms with Crippen molar-refractivity contribution >= 4 is 33.9 Å². The third kappa shape index (κ3) is 2.68. The largest absolute Gasteiger partial charge is 0.399 e. The fourth-order valence-corrected chi connectivity index (χ4v) is 2.46. The zero-order valence-corrected chi connectivity index (χ0v) is 11.6. The summed E-state index contributed by atoms with van der Waals surface area (Å²) in [5, 5.41) is 6.11. The summed E-state index contributed by atoms with van der Waals surface area (Å²) in [5.41, 5.74) is 7.57. The first-order valence-electron chi connectivity index (χ1n) is 6.36. The van der Waals surface area contributed by atoms with Gasteiger partial charge in [0.15, 0.2) is 0 Å². The molecule has 4 heteroatoms. The van der Waals surface area contributed by atoms with Gasteiger partial charge in [0, 0.05) is 18.3 Å². The van der Waals surface area contributed by atoms with E-state index in [1.807, 2.05) is 12.1 Å². The fraction of sp³-hybridized carbons (Fsp3) is 0.0625. The summed E-state index contributed by atoms with van der Waals surface area (Å²) >= 11 is 5.90. The van der Waals surface area contributed by atoms with Crippen molar-refractivity contribution in [1.29, 1.82) is 0 Å². The molecule has 0 saturated carbocycles. The van der Waals surface area contributed by atoms with Gasteiger partial charge in [0.05, 0.1) is 0 Å². The van der Waals surface area contributed by atoms with Crippen LogP contribution in [-0.4, -0.2) is 4.98 Å². The van der Waals surface area contributed by atoms with E-state index in [2.05, 4.69) is 40.6 Å². The molecule has 3 aromatic rings. The lowest BCUT2D eigenvalue weighted by molar-refractivity contribution is 1.13. The SMILES string of the molecule is Nc1cc(Cl)nc(NCc2cccc3ccccc23)c1. The predicted molar refractivity (Wildman–Crippen MR) is 84.9 cm³/mol. The molecule has 20 heavy (non-hydrogen) atoms. The van der Waals surface area contributed by atoms with Gasteiger partial charge in [0.25, 0.3) is 0 Å². The predicted octanol–water partition coefficient (Wildman–Crippen LogP) is 4.08. The van der Waals surface area contributed by atoms with Gasteiger partial charge >= 0.3 is 0 Å². The molecule has 0 radical (unpaired) electrons. The van der Waals surface area contributed by atoms with Crippen LogP contribution in [0.1, 0.15) is 5.56 Å². The maximum atomic E-state index is 5.90. The molecular formula is C16H14ClN3. The molecule has 3 nitrogen and oxygen atoms in total. The molecule has 2 aromatic carbocycles. The third-order valence-electron chi connectivity index (χ3n) is 3.16. The lowest BCUT2D eigenvalue weighted by atomic mass is 10.0. The first kappa shape index (κ1) is 12.8. The van der Waals surface area contributed by atoms with Crippen molar-refractivity contribution in [2.45, 2.75) is 6.54 Å². The summed E-state index contributed by atoms with van der Waals surface area (Å²) in [6.45, 7) is 0.675. The highest BCUT2D eigenvalue weighted by molar-refractivity contribution is 6.29. The molecule has 0 aliphatic heterocycles. The first-order chi connectivity index (χ1) is 9.72. The number of fused-ring (bicyclic) bond motifs is 1. The molecule has 1 heterocycles. The van der Waals surface area contributed by atoms with Crippen molar-refractivity contribution in [3.8, 4) is 0 Å². The number of benzene rings is 2. The van der Waals surface area contributed by atoms with Gasteiger partial charge in [-0.3, -0.25) is 0 Å². The number of nitrogen functional groups attached to an aromatic ring is 1. The first-order valence-corrected chi connectivity index (χ1v) is 6.74. The van der Waals surface area contributed by atoms with Gasteiger partial charge in [0.1, 0.15) is 11.0 Å². The van der Waals surface area contributed by atoms with Crippen LogP contribution < -0.4 is 11.1 Å². The topological polar surface area (TPSA) is 50.9 Å². The minimum atomic E-state index is 0.394. The highest BCUT2D eigenvalue weighted by atomic mass is 35.5. The smallest absolute Gasteiger partial charge is 0.133 e. The van der Waals surface area contributed by atoms with Crippen LogP contribution in [-0.2, 0) is 6.54 Å². The van der Waals surface area contributed by atoms with Crippen molar-refractivity contribution in [2.75, 3.05) is 11.1 Å². The number of pyridine rings is 1. The second-order valence-electron chi connectivity index (χ2n) is 4.60. The molecule has 0 spiro atoms. The molecule has 0 aliphatic carbocycles. The summed E-state index contributed by atoms with van der Waals surface area (Å²) in [6.07, 6.45) is 0. The van der Waals surface area contributed by atoms with Crippen LogP contribution in [0.2, 0.25) is 5.15 Å². The van der Waals surface area contributed by atoms with E-state index < -0.39 is 0 Å². The lowest BCUT2D eigenvalue weighted by Gasteiger charge is -2.09. The number of nitrogens with two attached hydrogens (primary N) is 1. The number of aromatic nitrogens is 1. The second-order valence-corrected chi connectivity index (χ2v) is 4.99. The Hall–Kier alpha value is -2.26. The highest BCUT2D eigenvalue weighted by Crippen LogP contribution is 2.21. The van der Waals surface area contributed by atoms with Crippen LogP contribution in [0.15, 0.2) is 54.6 Å². The molecule has 3 rings (SSSR count). The van der Waals surface area contributed by atoms with Crippen LogP contribution in [0.25, 0.3) is 10.8 Å². The zero-order chi connectivity index (χ0) is 13.9. The maximum Gasteiger partial charge on any atom is 0.133 e. The molecular weight excluding hydrogens is 270 g/mol. The molecule has 0 amide bonds. The van der Waals surface area contributed by atoms with Gasteiger partial charge in [-0.25, -0.2) is 4.98 Å². The Morgan fingerprint density at radius 2 is 1.85 bits per heavy atom. The van der Waals surface area contributed by atoms with Gasteiger partial charge in [-0.1, -0.05) is 54.1 Å². The number of anilines is 2. The van der Waals surface area contributed by atoms with Crippen LogP contribution in [0.4, 0.5) is 11.5 Å². The monoisotopic (exact) mass is 283 g/mol. The lowest BCUT2D eigenvalue weighted by Crippen LogP contribution is -2.02. The Labute approximate surface area is 122 Å². The summed E-state index contributed by atoms with van der Waals surface area (Å²) in [7, 11) is 0. The molecule has 0 saturated heterocycles. The Balaban J connectivity index is 1.87. The minimum Gasteiger partial charge on any atom is -0.399 e. The Bertz CT molecular complexity index is 730. The van der Waals surface area contributed by atoms with E-state index in [0.29, 0.717) is 23.2 Å². The number of rotatable bonds is 3. The maximum absolute atomic E-state index is 5.90. The molecule has 0 bridgehead atoms. The third-order valence-corrected chi connectivity index (χ3v) is 3.35. The summed E-state index contributed by atoms with van der Waals surface area (Å²) < 4.78 is 0. The zero-order valence-electron chi connectivity index (χ0n) is 10.8. The van der Waals surface area contributed by atoms with E-state index in [1.54, 1.807) is 12.1 Å². The van der Waals surface area contributed by atoms with Gasteiger partial charge < -0.3 is 11.1 Å². The quantitative estimate of drug-likeness (QED) is 0.712. The molecule has 1 aromatic heterocycles. The number of halogens is 1. The van der Waals surface area contributed by atoms with Crippen LogP contribution >= 0.6 is 11.6 Å². The number of nitrogens with one attached hydrogen (secondary N) is 1. The van der Waals surface area contributed by atoms with Crippen molar-refractivity contribution in [1.82, 2.24) is 4.98 Å². The van der Waals surface area contributed by atoms with E-state index in [4.69, 9.17) is 17.3 Å². The van der Waals surface area contributed by atoms with Gasteiger partial charge in [-0.2, -0.15) is 0 Å². The van der Waals surface area contributed by atoms with Gasteiger partial charge in [-0.15, -0.1) is 0 Å². The molecule has 100 valence electrons. The van der Waals surface area contributed by atoms with Gasteiger partial charge in [-0.05, 0) is 22.4 Å². The Kier molecular flexibility index (Phi) is 3.44. The average molecular weight is 284 g/mol. The van der Waals surface area contributed by atoms with E-state index in [0.717, 1.165) is 0 Å². The van der Waals surface area contributed by atoms with E-state index in [-0.39, 0.29) is 0 Å². The van der Waals surface area contributed by atoms with Crippen LogP contribution in [0.3, 0.4) is 0 Å². The van der Waals surface area contributed by atoms with Crippen LogP contribution in [0.5, 0.6) is 0 Å². The minimum absolute atomic E-state index is 0.394. The Morgan fingerprint density at radius 1 is 1.05 bits per heavy atom. The summed E-state index contributed by atoms with van der Waals surface area (Å²) in [4.78, 5) is 4.20. The highest BCUT2D eigenvalue weighted by Gasteiger charge is 2.02. The van der Waals surface area contributed by atoms with Gasteiger partial charge in [0.2, 0.25) is 0 Å². The van der Waals surface area contributed by atoms with E-state index in [1.165, 1.54) is 16.3 Å². The number of nitrogens with zero attached hydrogens (tertiary/aromatic N) is 1. The van der Waals surface area contributed by atoms with Crippen molar-refractivity contribution in [3.05, 3.63) is 65.3 Å². The van der Waals surface area contributed by atoms with E-state index in [9.17, 15) is 0 Å². The second kappa shape index (κ2) is 5.39. The molecule has 3 N–H and O–H groups in total. The van der Waals surface area contributed by atoms with Crippen molar-refractivity contribution in [2.24, 2.45) is 0 Å². The molecule has 0 atom stereocenters. The average Bonchev–Trinajstić information content (AvgIpc) is 2.44. The molecule has 0 fully saturated rings. The van der Waals surface area contributed by atoms with E-state index >= 15 is 0 Å². The Morgan fingerprint density at radius 3 is 2.70 bits per heavy atom. The van der Waals surface area contributed by atoms with Crippen molar-refractivity contribution < 1.29 is 0 Å². The molecule has 0 aliphatic rings. The van der Waals surface area contributed by atoms with Crippen LogP contribution in [0, 0.1) is 0 Å². The summed E-state index contributed by atoms with van der Waals surface area (Å²) in [5.74, 6) is 0.683. The normalized spacial score (nSPS) is 10.7. The summed E-state index contributed by atoms with van der Waals surface area (Å²) in [6, 6.07) is 18.0. The fourth-order valence-electron chi connectivity index (χ4n) is 2.24. The standard InChI is InChI=1S/C16H14ClN3/c17-15-8-13(18)9-16(20-15)19-10-12-6-3-5-11-4-1-2-7-14(11)12/h1-9H,10H2,(H3,18,19,20). The molecule has 0 unspecified atom stereocenters. The van der Waals surface area contributed by atoms with Crippen molar-refractivity contribution in [3.63, 3.8) is 0 Å². The number of hydrogen-bond acceptors (Lipinski definition) is 3.